The summed E-state index contributed by atoms with van der Waals surface area (Å²) in [5, 5.41) is 0. The average Bonchev–Trinajstić information content (AvgIpc) is 2.38. The second-order valence-electron chi connectivity index (χ2n) is 4.88. The molecule has 108 valence electrons. The van der Waals surface area contributed by atoms with E-state index in [-0.39, 0.29) is 5.97 Å². The fourth-order valence-corrected chi connectivity index (χ4v) is 2.10. The highest BCUT2D eigenvalue weighted by molar-refractivity contribution is 7.80. The summed E-state index contributed by atoms with van der Waals surface area (Å²) in [6.45, 7) is 2.79. The topological polar surface area (TPSA) is 26.3 Å². The molecule has 18 heavy (non-hydrogen) atoms. The van der Waals surface area contributed by atoms with E-state index in [0.29, 0.717) is 13.0 Å². The van der Waals surface area contributed by atoms with Gasteiger partial charge in [0.05, 0.1) is 6.61 Å². The third-order valence-electron chi connectivity index (χ3n) is 3.05. The minimum absolute atomic E-state index is 0.0128. The number of carbonyl (C=O) groups is 1. The van der Waals surface area contributed by atoms with E-state index in [0.717, 1.165) is 25.0 Å². The van der Waals surface area contributed by atoms with Crippen LogP contribution in [0.5, 0.6) is 0 Å². The molecule has 0 fully saturated rings. The molecular weight excluding hydrogens is 244 g/mol. The molecule has 0 bridgehead atoms. The number of thiol groups is 1. The van der Waals surface area contributed by atoms with Crippen molar-refractivity contribution in [2.24, 2.45) is 0 Å². The first-order valence-corrected chi connectivity index (χ1v) is 8.21. The van der Waals surface area contributed by atoms with Crippen molar-refractivity contribution in [3.05, 3.63) is 0 Å². The lowest BCUT2D eigenvalue weighted by atomic mass is 10.1. The van der Waals surface area contributed by atoms with E-state index in [4.69, 9.17) is 4.74 Å². The number of hydrogen-bond acceptors (Lipinski definition) is 3. The van der Waals surface area contributed by atoms with E-state index in [1.54, 1.807) is 0 Å². The molecule has 0 saturated carbocycles. The highest BCUT2D eigenvalue weighted by atomic mass is 32.1. The summed E-state index contributed by atoms with van der Waals surface area (Å²) < 4.78 is 5.20. The van der Waals surface area contributed by atoms with Gasteiger partial charge in [0, 0.05) is 6.42 Å². The van der Waals surface area contributed by atoms with Crippen molar-refractivity contribution in [3.63, 3.8) is 0 Å². The Morgan fingerprint density at radius 1 is 0.889 bits per heavy atom. The number of esters is 1. The quantitative estimate of drug-likeness (QED) is 0.297. The monoisotopic (exact) mass is 274 g/mol. The van der Waals surface area contributed by atoms with Crippen molar-refractivity contribution >= 4 is 18.6 Å². The Kier molecular flexibility index (Phi) is 14.7. The Morgan fingerprint density at radius 3 is 2.17 bits per heavy atom. The third-order valence-corrected chi connectivity index (χ3v) is 3.37. The van der Waals surface area contributed by atoms with Gasteiger partial charge in [0.1, 0.15) is 0 Å². The molecule has 0 radical (unpaired) electrons. The Labute approximate surface area is 118 Å². The minimum atomic E-state index is -0.0128. The molecule has 0 heterocycles. The van der Waals surface area contributed by atoms with E-state index < -0.39 is 0 Å². The standard InChI is InChI=1S/C15H30O2S/c1-2-3-4-9-12-15(16)17-13-10-7-5-6-8-11-14-18/h18H,2-14H2,1H3. The molecule has 0 atom stereocenters. The lowest BCUT2D eigenvalue weighted by molar-refractivity contribution is -0.143. The number of unbranched alkanes of at least 4 members (excludes halogenated alkanes) is 8. The first-order valence-electron chi connectivity index (χ1n) is 7.57. The van der Waals surface area contributed by atoms with Crippen LogP contribution in [-0.2, 0) is 9.53 Å². The number of carbonyl (C=O) groups excluding carboxylic acids is 1. The van der Waals surface area contributed by atoms with Gasteiger partial charge in [-0.15, -0.1) is 0 Å². The maximum Gasteiger partial charge on any atom is 0.305 e. The van der Waals surface area contributed by atoms with Crippen LogP contribution in [0.2, 0.25) is 0 Å². The van der Waals surface area contributed by atoms with Crippen LogP contribution < -0.4 is 0 Å². The fraction of sp³-hybridized carbons (Fsp3) is 0.933. The van der Waals surface area contributed by atoms with Gasteiger partial charge >= 0.3 is 5.97 Å². The van der Waals surface area contributed by atoms with Crippen molar-refractivity contribution in [2.45, 2.75) is 77.6 Å². The summed E-state index contributed by atoms with van der Waals surface area (Å²) in [5.41, 5.74) is 0. The van der Waals surface area contributed by atoms with Crippen LogP contribution in [0, 0.1) is 0 Å². The second-order valence-corrected chi connectivity index (χ2v) is 5.32. The second kappa shape index (κ2) is 14.9. The van der Waals surface area contributed by atoms with Crippen molar-refractivity contribution in [2.75, 3.05) is 12.4 Å². The number of ether oxygens (including phenoxy) is 1. The van der Waals surface area contributed by atoms with E-state index in [2.05, 4.69) is 19.6 Å². The molecule has 0 aromatic rings. The molecule has 0 aromatic heterocycles. The van der Waals surface area contributed by atoms with E-state index in [1.165, 1.54) is 44.9 Å². The molecule has 0 rings (SSSR count). The van der Waals surface area contributed by atoms with Gasteiger partial charge in [-0.2, -0.15) is 12.6 Å². The van der Waals surface area contributed by atoms with Gasteiger partial charge in [-0.25, -0.2) is 0 Å². The normalized spacial score (nSPS) is 10.6. The lowest BCUT2D eigenvalue weighted by Gasteiger charge is -2.04. The van der Waals surface area contributed by atoms with Gasteiger partial charge in [-0.05, 0) is 25.0 Å². The molecule has 0 amide bonds. The predicted octanol–water partition coefficient (Wildman–Crippen LogP) is 4.77. The summed E-state index contributed by atoms with van der Waals surface area (Å²) in [5.74, 6) is 0.983. The van der Waals surface area contributed by atoms with Crippen molar-refractivity contribution < 1.29 is 9.53 Å². The zero-order valence-corrected chi connectivity index (χ0v) is 12.9. The molecule has 3 heteroatoms. The van der Waals surface area contributed by atoms with Gasteiger partial charge in [0.2, 0.25) is 0 Å². The Bertz CT molecular complexity index is 183. The van der Waals surface area contributed by atoms with Crippen LogP contribution in [0.25, 0.3) is 0 Å². The molecule has 0 aliphatic heterocycles. The Hall–Kier alpha value is -0.180. The van der Waals surface area contributed by atoms with Crippen molar-refractivity contribution in [1.82, 2.24) is 0 Å². The fourth-order valence-electron chi connectivity index (χ4n) is 1.88. The summed E-state index contributed by atoms with van der Waals surface area (Å²) >= 11 is 4.19. The van der Waals surface area contributed by atoms with Crippen molar-refractivity contribution in [3.8, 4) is 0 Å². The first kappa shape index (κ1) is 17.8. The zero-order valence-electron chi connectivity index (χ0n) is 12.0. The van der Waals surface area contributed by atoms with Gasteiger partial charge in [0.25, 0.3) is 0 Å². The van der Waals surface area contributed by atoms with E-state index in [1.807, 2.05) is 0 Å². The molecule has 0 N–H and O–H groups in total. The molecular formula is C15H30O2S. The average molecular weight is 274 g/mol. The summed E-state index contributed by atoms with van der Waals surface area (Å²) in [6.07, 6.45) is 12.4. The van der Waals surface area contributed by atoms with Gasteiger partial charge in [0.15, 0.2) is 0 Å². The maximum absolute atomic E-state index is 11.3. The number of rotatable bonds is 13. The van der Waals surface area contributed by atoms with Crippen molar-refractivity contribution in [1.29, 1.82) is 0 Å². The van der Waals surface area contributed by atoms with Gasteiger partial charge in [-0.3, -0.25) is 4.79 Å². The Balaban J connectivity index is 3.10. The Morgan fingerprint density at radius 2 is 1.50 bits per heavy atom. The molecule has 0 spiro atoms. The molecule has 0 aromatic carbocycles. The van der Waals surface area contributed by atoms with E-state index >= 15 is 0 Å². The summed E-state index contributed by atoms with van der Waals surface area (Å²) in [4.78, 5) is 11.3. The minimum Gasteiger partial charge on any atom is -0.466 e. The van der Waals surface area contributed by atoms with Crippen LogP contribution in [0.3, 0.4) is 0 Å². The van der Waals surface area contributed by atoms with Crippen LogP contribution in [0.4, 0.5) is 0 Å². The lowest BCUT2D eigenvalue weighted by Crippen LogP contribution is -2.05. The largest absolute Gasteiger partial charge is 0.466 e. The predicted molar refractivity (Wildman–Crippen MR) is 81.3 cm³/mol. The molecule has 2 nitrogen and oxygen atoms in total. The molecule has 0 unspecified atom stereocenters. The van der Waals surface area contributed by atoms with Gasteiger partial charge < -0.3 is 4.74 Å². The van der Waals surface area contributed by atoms with Crippen LogP contribution in [0.1, 0.15) is 77.6 Å². The van der Waals surface area contributed by atoms with Crippen LogP contribution >= 0.6 is 12.6 Å². The maximum atomic E-state index is 11.3. The third kappa shape index (κ3) is 13.9. The SMILES string of the molecule is CCCCCCC(=O)OCCCCCCCCS. The van der Waals surface area contributed by atoms with E-state index in [9.17, 15) is 4.79 Å². The zero-order chi connectivity index (χ0) is 13.5. The molecule has 0 aliphatic rings. The highest BCUT2D eigenvalue weighted by Crippen LogP contribution is 2.07. The highest BCUT2D eigenvalue weighted by Gasteiger charge is 2.01. The van der Waals surface area contributed by atoms with Crippen LogP contribution in [-0.4, -0.2) is 18.3 Å². The summed E-state index contributed by atoms with van der Waals surface area (Å²) in [6, 6.07) is 0. The number of hydrogen-bond donors (Lipinski definition) is 1. The summed E-state index contributed by atoms with van der Waals surface area (Å²) in [7, 11) is 0. The smallest absolute Gasteiger partial charge is 0.305 e. The first-order chi connectivity index (χ1) is 8.81. The van der Waals surface area contributed by atoms with Gasteiger partial charge in [-0.1, -0.05) is 51.9 Å². The van der Waals surface area contributed by atoms with Crippen LogP contribution in [0.15, 0.2) is 0 Å². The molecule has 0 saturated heterocycles. The molecule has 0 aliphatic carbocycles.